The third kappa shape index (κ3) is 4.08. The lowest BCUT2D eigenvalue weighted by Gasteiger charge is -2.08. The molecule has 1 aliphatic rings. The Balaban J connectivity index is 0.00000218. The number of para-hydroxylation sites is 1. The lowest BCUT2D eigenvalue weighted by Crippen LogP contribution is -2.13. The van der Waals surface area contributed by atoms with Crippen molar-refractivity contribution in [2.45, 2.75) is 0 Å². The van der Waals surface area contributed by atoms with Crippen molar-refractivity contribution in [3.63, 3.8) is 0 Å². The summed E-state index contributed by atoms with van der Waals surface area (Å²) in [5, 5.41) is 10.9. The first kappa shape index (κ1) is 20.1. The second-order valence-corrected chi connectivity index (χ2v) is 7.23. The van der Waals surface area contributed by atoms with Crippen molar-refractivity contribution in [1.82, 2.24) is 4.57 Å². The number of thiazole rings is 1. The Hall–Kier alpha value is -3.16. The second kappa shape index (κ2) is 9.11. The monoisotopic (exact) mass is 479 g/mol. The molecule has 0 bridgehead atoms. The van der Waals surface area contributed by atoms with Crippen LogP contribution in [-0.2, 0) is 0 Å². The second-order valence-electron chi connectivity index (χ2n) is 6.40. The fraction of sp³-hybridized carbons (Fsp3) is 0.0435. The van der Waals surface area contributed by atoms with E-state index in [1.807, 2.05) is 54.6 Å². The molecule has 0 radical (unpaired) electrons. The van der Waals surface area contributed by atoms with Crippen LogP contribution in [0.1, 0.15) is 5.56 Å². The molecule has 3 aromatic carbocycles. The number of benzene rings is 3. The molecule has 150 valence electrons. The zero-order valence-electron chi connectivity index (χ0n) is 15.8. The van der Waals surface area contributed by atoms with E-state index in [0.29, 0.717) is 0 Å². The summed E-state index contributed by atoms with van der Waals surface area (Å²) in [4.78, 5) is 0.798. The number of aromatic nitrogens is 1. The van der Waals surface area contributed by atoms with Crippen molar-refractivity contribution in [3.8, 4) is 28.4 Å². The van der Waals surface area contributed by atoms with Crippen molar-refractivity contribution in [2.75, 3.05) is 6.79 Å². The summed E-state index contributed by atoms with van der Waals surface area (Å²) in [6.45, 7) is 0.259. The Morgan fingerprint density at radius 2 is 1.60 bits per heavy atom. The van der Waals surface area contributed by atoms with Gasteiger partial charge in [0.2, 0.25) is 11.6 Å². The van der Waals surface area contributed by atoms with Crippen molar-refractivity contribution in [1.29, 1.82) is 0 Å². The zero-order valence-corrected chi connectivity index (χ0v) is 18.4. The number of ether oxygens (including phenoxy) is 2. The Morgan fingerprint density at radius 3 is 2.40 bits per heavy atom. The zero-order chi connectivity index (χ0) is 19.5. The maximum Gasteiger partial charge on any atom is 0.231 e. The molecule has 0 aliphatic carbocycles. The van der Waals surface area contributed by atoms with E-state index in [0.717, 1.165) is 38.8 Å². The molecule has 5 nitrogen and oxygen atoms in total. The van der Waals surface area contributed by atoms with Gasteiger partial charge in [-0.2, -0.15) is 5.10 Å². The van der Waals surface area contributed by atoms with Gasteiger partial charge in [0.25, 0.3) is 0 Å². The van der Waals surface area contributed by atoms with Gasteiger partial charge in [-0.3, -0.25) is 4.57 Å². The molecule has 0 atom stereocenters. The van der Waals surface area contributed by atoms with Gasteiger partial charge in [-0.25, -0.2) is 0 Å². The highest BCUT2D eigenvalue weighted by Crippen LogP contribution is 2.32. The van der Waals surface area contributed by atoms with Crippen molar-refractivity contribution < 1.29 is 9.47 Å². The van der Waals surface area contributed by atoms with E-state index in [9.17, 15) is 0 Å². The molecular formula is C23H18BrN3O2S. The highest BCUT2D eigenvalue weighted by Gasteiger charge is 2.12. The predicted octanol–water partition coefficient (Wildman–Crippen LogP) is 5.45. The van der Waals surface area contributed by atoms with Gasteiger partial charge >= 0.3 is 0 Å². The molecular weight excluding hydrogens is 462 g/mol. The van der Waals surface area contributed by atoms with Gasteiger partial charge in [0.05, 0.1) is 11.9 Å². The summed E-state index contributed by atoms with van der Waals surface area (Å²) in [6, 6.07) is 26.2. The number of hydrogen-bond acceptors (Lipinski definition) is 5. The summed E-state index contributed by atoms with van der Waals surface area (Å²) < 4.78 is 12.9. The van der Waals surface area contributed by atoms with E-state index in [4.69, 9.17) is 9.47 Å². The number of fused-ring (bicyclic) bond motifs is 1. The SMILES string of the molecule is Br.C(=N\N=c1\scc(-c2ccccc2)n1-c1ccccc1)/c1ccc2c(c1)OCO2. The highest BCUT2D eigenvalue weighted by molar-refractivity contribution is 8.93. The van der Waals surface area contributed by atoms with E-state index in [-0.39, 0.29) is 23.8 Å². The summed E-state index contributed by atoms with van der Waals surface area (Å²) in [5.41, 5.74) is 4.17. The molecule has 4 aromatic rings. The van der Waals surface area contributed by atoms with Crippen LogP contribution in [0.4, 0.5) is 0 Å². The van der Waals surface area contributed by atoms with Gasteiger partial charge in [0.1, 0.15) is 0 Å². The average Bonchev–Trinajstić information content (AvgIpc) is 3.42. The van der Waals surface area contributed by atoms with Crippen LogP contribution in [0.2, 0.25) is 0 Å². The normalized spacial score (nSPS) is 12.9. The Kier molecular flexibility index (Phi) is 6.11. The third-order valence-corrected chi connectivity index (χ3v) is 5.35. The molecule has 0 fully saturated rings. The molecule has 2 heterocycles. The number of rotatable bonds is 4. The summed E-state index contributed by atoms with van der Waals surface area (Å²) in [6.07, 6.45) is 1.72. The first-order valence-corrected chi connectivity index (χ1v) is 10.0. The Labute approximate surface area is 188 Å². The van der Waals surface area contributed by atoms with Gasteiger partial charge in [0.15, 0.2) is 11.5 Å². The van der Waals surface area contributed by atoms with Crippen LogP contribution in [0.15, 0.2) is 94.4 Å². The van der Waals surface area contributed by atoms with E-state index >= 15 is 0 Å². The van der Waals surface area contributed by atoms with Crippen LogP contribution in [0.25, 0.3) is 16.9 Å². The summed E-state index contributed by atoms with van der Waals surface area (Å²) >= 11 is 1.56. The van der Waals surface area contributed by atoms with Crippen LogP contribution in [0.3, 0.4) is 0 Å². The van der Waals surface area contributed by atoms with E-state index in [1.54, 1.807) is 17.6 Å². The number of hydrogen-bond donors (Lipinski definition) is 0. The topological polar surface area (TPSA) is 48.1 Å². The van der Waals surface area contributed by atoms with Crippen LogP contribution >= 0.6 is 28.3 Å². The standard InChI is InChI=1S/C23H17N3O2S.BrH/c1-3-7-18(8-4-1)20-15-29-23(26(20)19-9-5-2-6-10-19)25-24-14-17-11-12-21-22(13-17)28-16-27-21;/h1-15H,16H2;1H/b24-14+,25-23+;. The fourth-order valence-electron chi connectivity index (χ4n) is 3.16. The summed E-state index contributed by atoms with van der Waals surface area (Å²) in [5.74, 6) is 1.49. The molecule has 0 spiro atoms. The smallest absolute Gasteiger partial charge is 0.231 e. The molecule has 0 unspecified atom stereocenters. The molecule has 0 N–H and O–H groups in total. The molecule has 5 rings (SSSR count). The lowest BCUT2D eigenvalue weighted by atomic mass is 10.1. The highest BCUT2D eigenvalue weighted by atomic mass is 79.9. The van der Waals surface area contributed by atoms with Crippen molar-refractivity contribution in [2.24, 2.45) is 10.2 Å². The van der Waals surface area contributed by atoms with Crippen LogP contribution < -0.4 is 14.3 Å². The van der Waals surface area contributed by atoms with Gasteiger partial charge in [0, 0.05) is 11.1 Å². The quantitative estimate of drug-likeness (QED) is 0.288. The Morgan fingerprint density at radius 1 is 0.867 bits per heavy atom. The minimum absolute atomic E-state index is 0. The number of nitrogens with zero attached hydrogens (tertiary/aromatic N) is 3. The Bertz CT molecular complexity index is 1230. The van der Waals surface area contributed by atoms with Crippen LogP contribution in [-0.4, -0.2) is 17.6 Å². The summed E-state index contributed by atoms with van der Waals surface area (Å²) in [7, 11) is 0. The van der Waals surface area contributed by atoms with Crippen LogP contribution in [0.5, 0.6) is 11.5 Å². The molecule has 1 aliphatic heterocycles. The minimum Gasteiger partial charge on any atom is -0.454 e. The molecule has 0 amide bonds. The first-order valence-electron chi connectivity index (χ1n) is 9.16. The van der Waals surface area contributed by atoms with E-state index in [1.165, 1.54) is 0 Å². The van der Waals surface area contributed by atoms with Gasteiger partial charge in [-0.05, 0) is 41.5 Å². The molecule has 7 heteroatoms. The van der Waals surface area contributed by atoms with E-state index < -0.39 is 0 Å². The molecule has 30 heavy (non-hydrogen) atoms. The first-order chi connectivity index (χ1) is 14.4. The third-order valence-electron chi connectivity index (χ3n) is 4.54. The van der Waals surface area contributed by atoms with Crippen molar-refractivity contribution in [3.05, 3.63) is 94.6 Å². The van der Waals surface area contributed by atoms with Gasteiger partial charge < -0.3 is 9.47 Å². The van der Waals surface area contributed by atoms with Gasteiger partial charge in [-0.1, -0.05) is 48.5 Å². The molecule has 0 saturated carbocycles. The largest absolute Gasteiger partial charge is 0.454 e. The maximum absolute atomic E-state index is 5.42. The minimum atomic E-state index is 0. The van der Waals surface area contributed by atoms with Gasteiger partial charge in [-0.15, -0.1) is 33.4 Å². The van der Waals surface area contributed by atoms with Crippen LogP contribution in [0, 0.1) is 0 Å². The van der Waals surface area contributed by atoms with Crippen molar-refractivity contribution >= 4 is 34.5 Å². The fourth-order valence-corrected chi connectivity index (χ4v) is 4.02. The van der Waals surface area contributed by atoms with E-state index in [2.05, 4.69) is 44.4 Å². The molecule has 0 saturated heterocycles. The maximum atomic E-state index is 5.42. The lowest BCUT2D eigenvalue weighted by molar-refractivity contribution is 0.174. The predicted molar refractivity (Wildman–Crippen MR) is 125 cm³/mol. The number of halogens is 1. The average molecular weight is 480 g/mol. The molecule has 1 aromatic heterocycles.